The molecule has 3 heteroatoms. The first-order chi connectivity index (χ1) is 6.84. The zero-order valence-corrected chi connectivity index (χ0v) is 8.28. The maximum absolute atomic E-state index is 5.76. The zero-order chi connectivity index (χ0) is 9.80. The molecule has 0 saturated heterocycles. The summed E-state index contributed by atoms with van der Waals surface area (Å²) in [4.78, 5) is 3.94. The minimum Gasteiger partial charge on any atom is -0.384 e. The van der Waals surface area contributed by atoms with Crippen molar-refractivity contribution in [2.75, 3.05) is 5.73 Å². The van der Waals surface area contributed by atoms with Crippen LogP contribution in [0.2, 0.25) is 0 Å². The van der Waals surface area contributed by atoms with E-state index < -0.39 is 0 Å². The molecular formula is C11H16N2O. The van der Waals surface area contributed by atoms with Gasteiger partial charge in [0.2, 0.25) is 0 Å². The van der Waals surface area contributed by atoms with Gasteiger partial charge in [0.25, 0.3) is 0 Å². The second kappa shape index (κ2) is 4.42. The van der Waals surface area contributed by atoms with Crippen LogP contribution in [0.3, 0.4) is 0 Å². The van der Waals surface area contributed by atoms with Gasteiger partial charge in [-0.3, -0.25) is 0 Å². The van der Waals surface area contributed by atoms with Crippen LogP contribution in [0.4, 0.5) is 5.82 Å². The molecule has 0 radical (unpaired) electrons. The summed E-state index contributed by atoms with van der Waals surface area (Å²) in [6.45, 7) is 0.664. The van der Waals surface area contributed by atoms with E-state index in [4.69, 9.17) is 10.5 Å². The molecule has 14 heavy (non-hydrogen) atoms. The van der Waals surface area contributed by atoms with Crippen LogP contribution in [0.25, 0.3) is 0 Å². The minimum absolute atomic E-state index is 0.462. The summed E-state index contributed by atoms with van der Waals surface area (Å²) in [5, 5.41) is 0. The van der Waals surface area contributed by atoms with Crippen molar-refractivity contribution in [2.24, 2.45) is 0 Å². The van der Waals surface area contributed by atoms with E-state index in [0.717, 1.165) is 5.56 Å². The standard InChI is InChI=1S/C11H16N2O/c12-11-7-9(5-6-13-11)8-14-10-3-1-2-4-10/h5-7,10H,1-4,8H2,(H2,12,13). The fraction of sp³-hybridized carbons (Fsp3) is 0.545. The normalized spacial score (nSPS) is 17.4. The van der Waals surface area contributed by atoms with Gasteiger partial charge in [0, 0.05) is 6.20 Å². The van der Waals surface area contributed by atoms with Crippen LogP contribution in [0.5, 0.6) is 0 Å². The SMILES string of the molecule is Nc1cc(COC2CCCC2)ccn1. The Hall–Kier alpha value is -1.09. The van der Waals surface area contributed by atoms with Gasteiger partial charge in [-0.1, -0.05) is 12.8 Å². The van der Waals surface area contributed by atoms with E-state index in [1.807, 2.05) is 12.1 Å². The van der Waals surface area contributed by atoms with E-state index in [2.05, 4.69) is 4.98 Å². The number of anilines is 1. The molecule has 0 unspecified atom stereocenters. The molecule has 1 fully saturated rings. The highest BCUT2D eigenvalue weighted by atomic mass is 16.5. The largest absolute Gasteiger partial charge is 0.384 e. The van der Waals surface area contributed by atoms with Crippen LogP contribution in [0.1, 0.15) is 31.2 Å². The third-order valence-corrected chi connectivity index (χ3v) is 2.63. The van der Waals surface area contributed by atoms with Crippen molar-refractivity contribution in [3.8, 4) is 0 Å². The predicted molar refractivity (Wildman–Crippen MR) is 55.7 cm³/mol. The summed E-state index contributed by atoms with van der Waals surface area (Å²) in [5.41, 5.74) is 6.69. The maximum atomic E-state index is 5.76. The fourth-order valence-corrected chi connectivity index (χ4v) is 1.85. The molecule has 0 spiro atoms. The maximum Gasteiger partial charge on any atom is 0.123 e. The molecule has 1 aromatic rings. The number of nitrogens with two attached hydrogens (primary N) is 1. The lowest BCUT2D eigenvalue weighted by Crippen LogP contribution is -2.07. The quantitative estimate of drug-likeness (QED) is 0.798. The van der Waals surface area contributed by atoms with E-state index >= 15 is 0 Å². The Bertz CT molecular complexity index is 295. The molecule has 1 aromatic heterocycles. The van der Waals surface area contributed by atoms with Gasteiger partial charge < -0.3 is 10.5 Å². The van der Waals surface area contributed by atoms with Gasteiger partial charge in [-0.25, -0.2) is 4.98 Å². The Morgan fingerprint density at radius 3 is 2.93 bits per heavy atom. The molecule has 2 N–H and O–H groups in total. The van der Waals surface area contributed by atoms with Gasteiger partial charge >= 0.3 is 0 Å². The molecule has 2 rings (SSSR count). The number of nitrogen functional groups attached to an aromatic ring is 1. The number of ether oxygens (including phenoxy) is 1. The Kier molecular flexibility index (Phi) is 2.99. The Balaban J connectivity index is 1.85. The van der Waals surface area contributed by atoms with Crippen molar-refractivity contribution in [3.05, 3.63) is 23.9 Å². The highest BCUT2D eigenvalue weighted by Crippen LogP contribution is 2.22. The molecule has 1 heterocycles. The van der Waals surface area contributed by atoms with E-state index in [1.54, 1.807) is 6.20 Å². The lowest BCUT2D eigenvalue weighted by Gasteiger charge is -2.10. The third kappa shape index (κ3) is 2.45. The number of hydrogen-bond donors (Lipinski definition) is 1. The Morgan fingerprint density at radius 1 is 1.43 bits per heavy atom. The molecule has 3 nitrogen and oxygen atoms in total. The summed E-state index contributed by atoms with van der Waals surface area (Å²) in [5.74, 6) is 0.567. The number of aromatic nitrogens is 1. The molecule has 0 aliphatic heterocycles. The topological polar surface area (TPSA) is 48.1 Å². The zero-order valence-electron chi connectivity index (χ0n) is 8.28. The smallest absolute Gasteiger partial charge is 0.123 e. The molecule has 0 aromatic carbocycles. The second-order valence-electron chi connectivity index (χ2n) is 3.81. The molecule has 76 valence electrons. The van der Waals surface area contributed by atoms with Crippen LogP contribution in [0.15, 0.2) is 18.3 Å². The summed E-state index contributed by atoms with van der Waals surface area (Å²) in [6.07, 6.45) is 7.22. The highest BCUT2D eigenvalue weighted by molar-refractivity contribution is 5.31. The lowest BCUT2D eigenvalue weighted by atomic mass is 10.2. The predicted octanol–water partition coefficient (Wildman–Crippen LogP) is 2.12. The van der Waals surface area contributed by atoms with Gasteiger partial charge in [0.05, 0.1) is 12.7 Å². The summed E-state index contributed by atoms with van der Waals surface area (Å²) in [6, 6.07) is 3.82. The van der Waals surface area contributed by atoms with Crippen molar-refractivity contribution < 1.29 is 4.74 Å². The molecule has 0 atom stereocenters. The Labute approximate surface area is 84.3 Å². The van der Waals surface area contributed by atoms with E-state index in [0.29, 0.717) is 18.5 Å². The molecule has 1 aliphatic carbocycles. The molecule has 1 saturated carbocycles. The van der Waals surface area contributed by atoms with Crippen molar-refractivity contribution in [1.82, 2.24) is 4.98 Å². The number of pyridine rings is 1. The lowest BCUT2D eigenvalue weighted by molar-refractivity contribution is 0.0457. The number of hydrogen-bond acceptors (Lipinski definition) is 3. The van der Waals surface area contributed by atoms with E-state index in [-0.39, 0.29) is 0 Å². The number of nitrogens with zero attached hydrogens (tertiary/aromatic N) is 1. The first-order valence-electron chi connectivity index (χ1n) is 5.16. The van der Waals surface area contributed by atoms with Gasteiger partial charge in [-0.15, -0.1) is 0 Å². The molecular weight excluding hydrogens is 176 g/mol. The van der Waals surface area contributed by atoms with Crippen molar-refractivity contribution in [1.29, 1.82) is 0 Å². The average molecular weight is 192 g/mol. The molecule has 0 bridgehead atoms. The third-order valence-electron chi connectivity index (χ3n) is 2.63. The Morgan fingerprint density at radius 2 is 2.21 bits per heavy atom. The highest BCUT2D eigenvalue weighted by Gasteiger charge is 2.14. The molecule has 1 aliphatic rings. The minimum atomic E-state index is 0.462. The van der Waals surface area contributed by atoms with Crippen molar-refractivity contribution in [3.63, 3.8) is 0 Å². The monoisotopic (exact) mass is 192 g/mol. The van der Waals surface area contributed by atoms with E-state index in [1.165, 1.54) is 25.7 Å². The van der Waals surface area contributed by atoms with Crippen LogP contribution in [0, 0.1) is 0 Å². The first kappa shape index (κ1) is 9.46. The van der Waals surface area contributed by atoms with Gasteiger partial charge in [0.1, 0.15) is 5.82 Å². The molecule has 0 amide bonds. The van der Waals surface area contributed by atoms with Crippen molar-refractivity contribution >= 4 is 5.82 Å². The van der Waals surface area contributed by atoms with E-state index in [9.17, 15) is 0 Å². The van der Waals surface area contributed by atoms with Gasteiger partial charge in [-0.05, 0) is 30.5 Å². The summed E-state index contributed by atoms with van der Waals surface area (Å²) >= 11 is 0. The average Bonchev–Trinajstić information content (AvgIpc) is 2.67. The second-order valence-corrected chi connectivity index (χ2v) is 3.81. The van der Waals surface area contributed by atoms with Crippen molar-refractivity contribution in [2.45, 2.75) is 38.4 Å². The van der Waals surface area contributed by atoms with Crippen LogP contribution in [-0.4, -0.2) is 11.1 Å². The van der Waals surface area contributed by atoms with Crippen LogP contribution >= 0.6 is 0 Å². The summed E-state index contributed by atoms with van der Waals surface area (Å²) < 4.78 is 5.76. The number of rotatable bonds is 3. The summed E-state index contributed by atoms with van der Waals surface area (Å²) in [7, 11) is 0. The first-order valence-corrected chi connectivity index (χ1v) is 5.16. The van der Waals surface area contributed by atoms with Gasteiger partial charge in [0.15, 0.2) is 0 Å². The fourth-order valence-electron chi connectivity index (χ4n) is 1.85. The van der Waals surface area contributed by atoms with Gasteiger partial charge in [-0.2, -0.15) is 0 Å². The van der Waals surface area contributed by atoms with Crippen LogP contribution in [-0.2, 0) is 11.3 Å². The van der Waals surface area contributed by atoms with Crippen LogP contribution < -0.4 is 5.73 Å².